The maximum absolute atomic E-state index is 12.0. The normalized spacial score (nSPS) is 10.3. The highest BCUT2D eigenvalue weighted by Crippen LogP contribution is 2.14. The van der Waals surface area contributed by atoms with Crippen LogP contribution in [-0.4, -0.2) is 29.5 Å². The molecule has 8 heteroatoms. The van der Waals surface area contributed by atoms with Gasteiger partial charge in [0, 0.05) is 23.7 Å². The summed E-state index contributed by atoms with van der Waals surface area (Å²) in [4.78, 5) is 35.5. The molecule has 0 aliphatic rings. The molecule has 0 saturated carbocycles. The molecule has 170 valence electrons. The maximum Gasteiger partial charge on any atom is 0.306 e. The molecule has 0 unspecified atom stereocenters. The van der Waals surface area contributed by atoms with Crippen LogP contribution >= 0.6 is 12.2 Å². The number of benzene rings is 2. The van der Waals surface area contributed by atoms with E-state index in [2.05, 4.69) is 16.0 Å². The molecule has 32 heavy (non-hydrogen) atoms. The molecule has 0 aromatic heterocycles. The topological polar surface area (TPSA) is 96.5 Å². The van der Waals surface area contributed by atoms with E-state index in [0.717, 1.165) is 12.8 Å². The fraction of sp³-hybridized carbons (Fsp3) is 0.333. The standard InChI is InChI=1S/C24H29N3O4S/c1-17(2)23(30)25-19-10-12-20(13-11-19)26-24(32)27-21(28)14-15-22(29)31-16-6-9-18-7-4-3-5-8-18/h3-5,7-8,10-13,17H,6,9,14-16H2,1-2H3,(H,25,30)(H2,26,27,28,32). The van der Waals surface area contributed by atoms with Crippen molar-refractivity contribution in [2.24, 2.45) is 5.92 Å². The van der Waals surface area contributed by atoms with Crippen molar-refractivity contribution in [2.45, 2.75) is 39.5 Å². The third-order valence-corrected chi connectivity index (χ3v) is 4.66. The number of esters is 1. The zero-order chi connectivity index (χ0) is 23.3. The first-order valence-electron chi connectivity index (χ1n) is 10.5. The maximum atomic E-state index is 12.0. The van der Waals surface area contributed by atoms with Crippen LogP contribution in [0.4, 0.5) is 11.4 Å². The monoisotopic (exact) mass is 455 g/mol. The van der Waals surface area contributed by atoms with Gasteiger partial charge < -0.3 is 20.7 Å². The Labute approximate surface area is 193 Å². The van der Waals surface area contributed by atoms with E-state index in [1.807, 2.05) is 44.2 Å². The SMILES string of the molecule is CC(C)C(=O)Nc1ccc(NC(=S)NC(=O)CCC(=O)OCCCc2ccccc2)cc1. The number of ether oxygens (including phenoxy) is 1. The minimum absolute atomic E-state index is 0.00989. The van der Waals surface area contributed by atoms with Crippen LogP contribution in [0.5, 0.6) is 0 Å². The van der Waals surface area contributed by atoms with Crippen molar-refractivity contribution >= 4 is 46.5 Å². The summed E-state index contributed by atoms with van der Waals surface area (Å²) < 4.78 is 5.17. The number of aryl methyl sites for hydroxylation is 1. The van der Waals surface area contributed by atoms with E-state index >= 15 is 0 Å². The van der Waals surface area contributed by atoms with Gasteiger partial charge in [0.05, 0.1) is 13.0 Å². The van der Waals surface area contributed by atoms with Gasteiger partial charge >= 0.3 is 5.97 Å². The predicted molar refractivity (Wildman–Crippen MR) is 129 cm³/mol. The summed E-state index contributed by atoms with van der Waals surface area (Å²) in [6, 6.07) is 16.9. The number of nitrogens with one attached hydrogen (secondary N) is 3. The van der Waals surface area contributed by atoms with Crippen LogP contribution in [-0.2, 0) is 25.5 Å². The van der Waals surface area contributed by atoms with Gasteiger partial charge in [-0.25, -0.2) is 0 Å². The molecular formula is C24H29N3O4S. The van der Waals surface area contributed by atoms with Crippen LogP contribution in [0.3, 0.4) is 0 Å². The number of carbonyl (C=O) groups is 3. The van der Waals surface area contributed by atoms with Crippen molar-refractivity contribution in [3.05, 3.63) is 60.2 Å². The Hall–Kier alpha value is -3.26. The van der Waals surface area contributed by atoms with Crippen molar-refractivity contribution < 1.29 is 19.1 Å². The Bertz CT molecular complexity index is 915. The number of hydrogen-bond donors (Lipinski definition) is 3. The minimum atomic E-state index is -0.411. The number of anilines is 2. The third-order valence-electron chi connectivity index (χ3n) is 4.46. The van der Waals surface area contributed by atoms with Crippen LogP contribution in [0.25, 0.3) is 0 Å². The van der Waals surface area contributed by atoms with E-state index < -0.39 is 5.97 Å². The zero-order valence-electron chi connectivity index (χ0n) is 18.4. The molecule has 7 nitrogen and oxygen atoms in total. The summed E-state index contributed by atoms with van der Waals surface area (Å²) in [5.41, 5.74) is 2.53. The van der Waals surface area contributed by atoms with E-state index in [1.54, 1.807) is 24.3 Å². The summed E-state index contributed by atoms with van der Waals surface area (Å²) in [5.74, 6) is -0.957. The van der Waals surface area contributed by atoms with Crippen molar-refractivity contribution in [1.29, 1.82) is 0 Å². The molecule has 0 spiro atoms. The molecule has 0 heterocycles. The third kappa shape index (κ3) is 9.70. The van der Waals surface area contributed by atoms with Gasteiger partial charge in [-0.2, -0.15) is 0 Å². The molecule has 0 saturated heterocycles. The highest BCUT2D eigenvalue weighted by atomic mass is 32.1. The number of amides is 2. The summed E-state index contributed by atoms with van der Waals surface area (Å²) >= 11 is 5.13. The zero-order valence-corrected chi connectivity index (χ0v) is 19.2. The molecule has 2 amide bonds. The Morgan fingerprint density at radius 3 is 2.16 bits per heavy atom. The molecular weight excluding hydrogens is 426 g/mol. The molecule has 0 radical (unpaired) electrons. The summed E-state index contributed by atoms with van der Waals surface area (Å²) in [7, 11) is 0. The van der Waals surface area contributed by atoms with Crippen molar-refractivity contribution in [3.63, 3.8) is 0 Å². The fourth-order valence-corrected chi connectivity index (χ4v) is 2.90. The Morgan fingerprint density at radius 1 is 0.906 bits per heavy atom. The van der Waals surface area contributed by atoms with Crippen molar-refractivity contribution in [2.75, 3.05) is 17.2 Å². The second-order valence-electron chi connectivity index (χ2n) is 7.53. The van der Waals surface area contributed by atoms with Crippen LogP contribution in [0.2, 0.25) is 0 Å². The van der Waals surface area contributed by atoms with E-state index in [4.69, 9.17) is 17.0 Å². The number of thiocarbonyl (C=S) groups is 1. The van der Waals surface area contributed by atoms with Gasteiger partial charge in [-0.15, -0.1) is 0 Å². The minimum Gasteiger partial charge on any atom is -0.466 e. The highest BCUT2D eigenvalue weighted by Gasteiger charge is 2.10. The molecule has 2 aromatic rings. The quantitative estimate of drug-likeness (QED) is 0.284. The van der Waals surface area contributed by atoms with Gasteiger partial charge in [-0.3, -0.25) is 14.4 Å². The first-order chi connectivity index (χ1) is 15.3. The molecule has 0 fully saturated rings. The van der Waals surface area contributed by atoms with Gasteiger partial charge in [-0.1, -0.05) is 44.2 Å². The highest BCUT2D eigenvalue weighted by molar-refractivity contribution is 7.80. The lowest BCUT2D eigenvalue weighted by Crippen LogP contribution is -2.34. The van der Waals surface area contributed by atoms with E-state index in [-0.39, 0.29) is 35.7 Å². The number of rotatable bonds is 10. The predicted octanol–water partition coefficient (Wildman–Crippen LogP) is 4.05. The molecule has 0 aliphatic heterocycles. The molecule has 0 aliphatic carbocycles. The van der Waals surface area contributed by atoms with Gasteiger partial charge in [0.1, 0.15) is 0 Å². The molecule has 0 atom stereocenters. The molecule has 2 aromatic carbocycles. The van der Waals surface area contributed by atoms with E-state index in [9.17, 15) is 14.4 Å². The van der Waals surface area contributed by atoms with E-state index in [1.165, 1.54) is 5.56 Å². The van der Waals surface area contributed by atoms with Gasteiger partial charge in [-0.05, 0) is 54.9 Å². The number of hydrogen-bond acceptors (Lipinski definition) is 5. The summed E-state index contributed by atoms with van der Waals surface area (Å²) in [5, 5.41) is 8.35. The second kappa shape index (κ2) is 13.2. The van der Waals surface area contributed by atoms with Crippen LogP contribution in [0.1, 0.15) is 38.7 Å². The lowest BCUT2D eigenvalue weighted by molar-refractivity contribution is -0.145. The summed E-state index contributed by atoms with van der Waals surface area (Å²) in [6.45, 7) is 3.96. The Morgan fingerprint density at radius 2 is 1.53 bits per heavy atom. The smallest absolute Gasteiger partial charge is 0.306 e. The second-order valence-corrected chi connectivity index (χ2v) is 7.94. The lowest BCUT2D eigenvalue weighted by atomic mass is 10.1. The van der Waals surface area contributed by atoms with Crippen LogP contribution in [0, 0.1) is 5.92 Å². The largest absolute Gasteiger partial charge is 0.466 e. The van der Waals surface area contributed by atoms with Crippen molar-refractivity contribution in [1.82, 2.24) is 5.32 Å². The van der Waals surface area contributed by atoms with Crippen LogP contribution < -0.4 is 16.0 Å². The molecule has 3 N–H and O–H groups in total. The molecule has 2 rings (SSSR count). The van der Waals surface area contributed by atoms with Gasteiger partial charge in [0.2, 0.25) is 11.8 Å². The fourth-order valence-electron chi connectivity index (χ4n) is 2.67. The molecule has 0 bridgehead atoms. The van der Waals surface area contributed by atoms with Gasteiger partial charge in [0.25, 0.3) is 0 Å². The van der Waals surface area contributed by atoms with Crippen LogP contribution in [0.15, 0.2) is 54.6 Å². The Balaban J connectivity index is 1.62. The first kappa shape index (κ1) is 25.0. The lowest BCUT2D eigenvalue weighted by Gasteiger charge is -2.11. The average molecular weight is 456 g/mol. The van der Waals surface area contributed by atoms with Crippen molar-refractivity contribution in [3.8, 4) is 0 Å². The average Bonchev–Trinajstić information content (AvgIpc) is 2.77. The van der Waals surface area contributed by atoms with E-state index in [0.29, 0.717) is 18.0 Å². The number of carbonyl (C=O) groups excluding carboxylic acids is 3. The Kier molecular flexibility index (Phi) is 10.3. The first-order valence-corrected chi connectivity index (χ1v) is 11.0. The van der Waals surface area contributed by atoms with Gasteiger partial charge in [0.15, 0.2) is 5.11 Å². The summed E-state index contributed by atoms with van der Waals surface area (Å²) in [6.07, 6.45) is 1.54.